The van der Waals surface area contributed by atoms with Gasteiger partial charge in [0.1, 0.15) is 0 Å². The lowest BCUT2D eigenvalue weighted by atomic mass is 9.73. The van der Waals surface area contributed by atoms with Crippen LogP contribution < -0.4 is 0 Å². The van der Waals surface area contributed by atoms with Crippen LogP contribution in [0.5, 0.6) is 0 Å². The maximum absolute atomic E-state index is 13.5. The second-order valence-corrected chi connectivity index (χ2v) is 9.41. The van der Waals surface area contributed by atoms with E-state index in [1.807, 2.05) is 26.5 Å². The number of carbonyl (C=O) groups excluding carboxylic acids is 1. The summed E-state index contributed by atoms with van der Waals surface area (Å²) in [4.78, 5) is 23.1. The van der Waals surface area contributed by atoms with Gasteiger partial charge in [0.2, 0.25) is 5.91 Å². The summed E-state index contributed by atoms with van der Waals surface area (Å²) in [5.74, 6) is 0.239. The van der Waals surface area contributed by atoms with E-state index in [0.29, 0.717) is 0 Å². The summed E-state index contributed by atoms with van der Waals surface area (Å²) in [5, 5.41) is 2.11. The SMILES string of the molecule is CN(C)C(=O)C1(Cc2ccccc2-c2cccs2)CCCN(Cc2ccncc2)C1. The molecule has 0 saturated carbocycles. The quantitative estimate of drug-likeness (QED) is 0.580. The van der Waals surface area contributed by atoms with Crippen molar-refractivity contribution in [2.24, 2.45) is 5.41 Å². The van der Waals surface area contributed by atoms with Gasteiger partial charge >= 0.3 is 0 Å². The van der Waals surface area contributed by atoms with Gasteiger partial charge in [0.05, 0.1) is 5.41 Å². The average molecular weight is 420 g/mol. The molecule has 30 heavy (non-hydrogen) atoms. The van der Waals surface area contributed by atoms with Crippen LogP contribution in [-0.4, -0.2) is 47.9 Å². The Morgan fingerprint density at radius 2 is 1.93 bits per heavy atom. The van der Waals surface area contributed by atoms with E-state index >= 15 is 0 Å². The fraction of sp³-hybridized carbons (Fsp3) is 0.360. The third-order valence-electron chi connectivity index (χ3n) is 6.00. The van der Waals surface area contributed by atoms with Crippen molar-refractivity contribution in [1.82, 2.24) is 14.8 Å². The molecular weight excluding hydrogens is 390 g/mol. The molecule has 0 spiro atoms. The number of carbonyl (C=O) groups is 1. The van der Waals surface area contributed by atoms with Gasteiger partial charge in [-0.25, -0.2) is 0 Å². The molecule has 1 unspecified atom stereocenters. The lowest BCUT2D eigenvalue weighted by Gasteiger charge is -2.43. The summed E-state index contributed by atoms with van der Waals surface area (Å²) >= 11 is 1.76. The maximum atomic E-state index is 13.5. The van der Waals surface area contributed by atoms with E-state index in [4.69, 9.17) is 0 Å². The van der Waals surface area contributed by atoms with Crippen LogP contribution in [0.2, 0.25) is 0 Å². The van der Waals surface area contributed by atoms with Gasteiger partial charge in [-0.1, -0.05) is 30.3 Å². The van der Waals surface area contributed by atoms with Crippen LogP contribution in [0.25, 0.3) is 10.4 Å². The molecule has 5 heteroatoms. The first-order valence-electron chi connectivity index (χ1n) is 10.5. The Labute approximate surface area is 183 Å². The molecule has 1 amide bonds. The molecule has 3 aromatic rings. The van der Waals surface area contributed by atoms with Gasteiger partial charge in [-0.15, -0.1) is 11.3 Å². The standard InChI is InChI=1S/C25H29N3OS/c1-27(2)24(29)25(12-6-15-28(19-25)18-20-10-13-26-14-11-20)17-21-7-3-4-8-22(21)23-9-5-16-30-23/h3-5,7-11,13-14,16H,6,12,15,17-19H2,1-2H3. The summed E-state index contributed by atoms with van der Waals surface area (Å²) in [6.45, 7) is 2.67. The molecule has 0 radical (unpaired) electrons. The average Bonchev–Trinajstić information content (AvgIpc) is 3.29. The van der Waals surface area contributed by atoms with Gasteiger partial charge in [-0.2, -0.15) is 0 Å². The molecule has 1 atom stereocenters. The lowest BCUT2D eigenvalue weighted by molar-refractivity contribution is -0.143. The topological polar surface area (TPSA) is 36.4 Å². The van der Waals surface area contributed by atoms with Gasteiger partial charge in [0.25, 0.3) is 0 Å². The molecule has 2 aromatic heterocycles. The first-order chi connectivity index (χ1) is 14.6. The second-order valence-electron chi connectivity index (χ2n) is 8.46. The zero-order valence-corrected chi connectivity index (χ0v) is 18.6. The molecule has 1 aliphatic heterocycles. The number of rotatable bonds is 6. The molecule has 1 fully saturated rings. The van der Waals surface area contributed by atoms with E-state index < -0.39 is 5.41 Å². The highest BCUT2D eigenvalue weighted by Crippen LogP contribution is 2.39. The number of likely N-dealkylation sites (tertiary alicyclic amines) is 1. The Balaban J connectivity index is 1.65. The molecule has 0 bridgehead atoms. The number of aromatic nitrogens is 1. The predicted molar refractivity (Wildman–Crippen MR) is 123 cm³/mol. The molecule has 0 N–H and O–H groups in total. The van der Waals surface area contributed by atoms with Crippen molar-refractivity contribution >= 4 is 17.2 Å². The van der Waals surface area contributed by atoms with E-state index in [9.17, 15) is 4.79 Å². The summed E-state index contributed by atoms with van der Waals surface area (Å²) in [6.07, 6.45) is 6.41. The Morgan fingerprint density at radius 1 is 1.13 bits per heavy atom. The fourth-order valence-electron chi connectivity index (χ4n) is 4.69. The summed E-state index contributed by atoms with van der Waals surface area (Å²) < 4.78 is 0. The van der Waals surface area contributed by atoms with E-state index in [2.05, 4.69) is 63.8 Å². The largest absolute Gasteiger partial charge is 0.348 e. The Morgan fingerprint density at radius 3 is 2.67 bits per heavy atom. The molecule has 1 aliphatic rings. The minimum Gasteiger partial charge on any atom is -0.348 e. The van der Waals surface area contributed by atoms with Crippen molar-refractivity contribution in [3.05, 3.63) is 77.4 Å². The first-order valence-corrected chi connectivity index (χ1v) is 11.4. The molecular formula is C25H29N3OS. The molecule has 1 saturated heterocycles. The number of pyridine rings is 1. The summed E-state index contributed by atoms with van der Waals surface area (Å²) in [6, 6.07) is 17.0. The maximum Gasteiger partial charge on any atom is 0.229 e. The minimum absolute atomic E-state index is 0.239. The number of thiophene rings is 1. The Kier molecular flexibility index (Phi) is 6.30. The first kappa shape index (κ1) is 20.8. The van der Waals surface area contributed by atoms with Crippen molar-refractivity contribution in [2.45, 2.75) is 25.8 Å². The third-order valence-corrected chi connectivity index (χ3v) is 6.91. The predicted octanol–water partition coefficient (Wildman–Crippen LogP) is 4.72. The lowest BCUT2D eigenvalue weighted by Crippen LogP contribution is -2.52. The van der Waals surface area contributed by atoms with Crippen LogP contribution in [0.4, 0.5) is 0 Å². The van der Waals surface area contributed by atoms with Gasteiger partial charge in [-0.3, -0.25) is 14.7 Å². The molecule has 0 aliphatic carbocycles. The third kappa shape index (κ3) is 4.47. The van der Waals surface area contributed by atoms with Crippen molar-refractivity contribution < 1.29 is 4.79 Å². The zero-order chi connectivity index (χ0) is 21.0. The van der Waals surface area contributed by atoms with Crippen LogP contribution in [0.3, 0.4) is 0 Å². The zero-order valence-electron chi connectivity index (χ0n) is 17.8. The van der Waals surface area contributed by atoms with Crippen LogP contribution in [0.1, 0.15) is 24.0 Å². The molecule has 156 valence electrons. The van der Waals surface area contributed by atoms with E-state index in [0.717, 1.165) is 38.9 Å². The van der Waals surface area contributed by atoms with E-state index in [-0.39, 0.29) is 5.91 Å². The summed E-state index contributed by atoms with van der Waals surface area (Å²) in [5.41, 5.74) is 3.37. The monoisotopic (exact) mass is 419 g/mol. The Hall–Kier alpha value is -2.50. The molecule has 1 aromatic carbocycles. The van der Waals surface area contributed by atoms with Crippen molar-refractivity contribution in [2.75, 3.05) is 27.2 Å². The van der Waals surface area contributed by atoms with Crippen LogP contribution in [-0.2, 0) is 17.8 Å². The van der Waals surface area contributed by atoms with Crippen LogP contribution in [0.15, 0.2) is 66.3 Å². The highest BCUT2D eigenvalue weighted by atomic mass is 32.1. The molecule has 4 rings (SSSR count). The highest BCUT2D eigenvalue weighted by molar-refractivity contribution is 7.13. The van der Waals surface area contributed by atoms with Crippen LogP contribution >= 0.6 is 11.3 Å². The number of hydrogen-bond acceptors (Lipinski definition) is 4. The van der Waals surface area contributed by atoms with Gasteiger partial charge < -0.3 is 4.90 Å². The normalized spacial score (nSPS) is 19.5. The molecule has 4 nitrogen and oxygen atoms in total. The van der Waals surface area contributed by atoms with Crippen molar-refractivity contribution in [3.63, 3.8) is 0 Å². The van der Waals surface area contributed by atoms with Gasteiger partial charge in [0, 0.05) is 44.5 Å². The van der Waals surface area contributed by atoms with Gasteiger partial charge in [0.15, 0.2) is 0 Å². The summed E-state index contributed by atoms with van der Waals surface area (Å²) in [7, 11) is 3.77. The number of piperidine rings is 1. The van der Waals surface area contributed by atoms with E-state index in [1.165, 1.54) is 21.6 Å². The van der Waals surface area contributed by atoms with E-state index in [1.54, 1.807) is 16.2 Å². The number of amides is 1. The van der Waals surface area contributed by atoms with Crippen molar-refractivity contribution in [3.8, 4) is 10.4 Å². The number of hydrogen-bond donors (Lipinski definition) is 0. The second kappa shape index (κ2) is 9.11. The highest BCUT2D eigenvalue weighted by Gasteiger charge is 2.43. The van der Waals surface area contributed by atoms with Crippen molar-refractivity contribution in [1.29, 1.82) is 0 Å². The number of benzene rings is 1. The Bertz CT molecular complexity index is 971. The minimum atomic E-state index is -0.401. The fourth-order valence-corrected chi connectivity index (χ4v) is 5.48. The smallest absolute Gasteiger partial charge is 0.229 e. The number of nitrogens with zero attached hydrogens (tertiary/aromatic N) is 3. The van der Waals surface area contributed by atoms with Crippen LogP contribution in [0, 0.1) is 5.41 Å². The van der Waals surface area contributed by atoms with Gasteiger partial charge in [-0.05, 0) is 66.1 Å². The molecule has 3 heterocycles.